The molecular weight excluding hydrogens is 425 g/mol. The normalized spacial score (nSPS) is 11.6. The number of methoxy groups -OCH3 is 1. The fourth-order valence-corrected chi connectivity index (χ4v) is 2.98. The predicted molar refractivity (Wildman–Crippen MR) is 107 cm³/mol. The molecule has 2 aromatic rings. The number of aliphatic hydroxyl groups excluding tert-OH is 1. The number of nitrogens with one attached hydrogen (secondary N) is 1. The van der Waals surface area contributed by atoms with Crippen LogP contribution in [0.5, 0.6) is 11.5 Å². The first-order chi connectivity index (χ1) is 12.1. The minimum atomic E-state index is -0.298. The third-order valence-corrected chi connectivity index (χ3v) is 4.52. The summed E-state index contributed by atoms with van der Waals surface area (Å²) in [5.41, 5.74) is 1.48. The highest BCUT2D eigenvalue weighted by molar-refractivity contribution is 9.10. The van der Waals surface area contributed by atoms with Gasteiger partial charge < -0.3 is 19.9 Å². The molecular formula is C19H24BrClFNO3. The van der Waals surface area contributed by atoms with E-state index in [1.807, 2.05) is 19.1 Å². The number of halogens is 3. The summed E-state index contributed by atoms with van der Waals surface area (Å²) >= 11 is 3.50. The molecule has 2 rings (SSSR count). The molecule has 0 fully saturated rings. The Labute approximate surface area is 168 Å². The molecule has 1 unspecified atom stereocenters. The summed E-state index contributed by atoms with van der Waals surface area (Å²) in [5, 5.41) is 12.5. The monoisotopic (exact) mass is 447 g/mol. The minimum absolute atomic E-state index is 0. The zero-order valence-electron chi connectivity index (χ0n) is 14.8. The molecule has 0 amide bonds. The van der Waals surface area contributed by atoms with Crippen molar-refractivity contribution in [3.05, 3.63) is 57.8 Å². The summed E-state index contributed by atoms with van der Waals surface area (Å²) in [6, 6.07) is 10.4. The maximum absolute atomic E-state index is 13.7. The second-order valence-electron chi connectivity index (χ2n) is 5.66. The lowest BCUT2D eigenvalue weighted by molar-refractivity contribution is 0.238. The zero-order chi connectivity index (χ0) is 18.2. The van der Waals surface area contributed by atoms with E-state index in [-0.39, 0.29) is 37.5 Å². The van der Waals surface area contributed by atoms with Crippen LogP contribution >= 0.6 is 28.3 Å². The van der Waals surface area contributed by atoms with Crippen molar-refractivity contribution >= 4 is 28.3 Å². The summed E-state index contributed by atoms with van der Waals surface area (Å²) < 4.78 is 25.7. The predicted octanol–water partition coefficient (Wildman–Crippen LogP) is 4.46. The molecule has 1 atom stereocenters. The fourth-order valence-electron chi connectivity index (χ4n) is 2.38. The smallest absolute Gasteiger partial charge is 0.175 e. The van der Waals surface area contributed by atoms with E-state index >= 15 is 0 Å². The molecule has 26 heavy (non-hydrogen) atoms. The van der Waals surface area contributed by atoms with E-state index in [1.54, 1.807) is 25.3 Å². The van der Waals surface area contributed by atoms with E-state index in [4.69, 9.17) is 9.47 Å². The topological polar surface area (TPSA) is 50.7 Å². The van der Waals surface area contributed by atoms with Crippen LogP contribution in [-0.2, 0) is 13.2 Å². The van der Waals surface area contributed by atoms with Crippen molar-refractivity contribution in [3.8, 4) is 11.5 Å². The number of hydrogen-bond acceptors (Lipinski definition) is 4. The largest absolute Gasteiger partial charge is 0.493 e. The van der Waals surface area contributed by atoms with Crippen molar-refractivity contribution in [1.29, 1.82) is 0 Å². The molecule has 0 aliphatic heterocycles. The Kier molecular flexibility index (Phi) is 9.94. The first kappa shape index (κ1) is 22.7. The number of aliphatic hydroxyl groups is 1. The highest BCUT2D eigenvalue weighted by Gasteiger charge is 2.14. The average Bonchev–Trinajstić information content (AvgIpc) is 2.62. The van der Waals surface area contributed by atoms with Crippen LogP contribution in [0.25, 0.3) is 0 Å². The van der Waals surface area contributed by atoms with Gasteiger partial charge in [0.25, 0.3) is 0 Å². The maximum atomic E-state index is 13.7. The minimum Gasteiger partial charge on any atom is -0.493 e. The molecule has 0 bridgehead atoms. The highest BCUT2D eigenvalue weighted by Crippen LogP contribution is 2.37. The second kappa shape index (κ2) is 11.4. The first-order valence-corrected chi connectivity index (χ1v) is 8.95. The van der Waals surface area contributed by atoms with Gasteiger partial charge in [-0.05, 0) is 46.1 Å². The molecule has 0 spiro atoms. The quantitative estimate of drug-likeness (QED) is 0.595. The molecule has 0 aliphatic rings. The van der Waals surface area contributed by atoms with Gasteiger partial charge in [0.05, 0.1) is 18.2 Å². The Morgan fingerprint density at radius 1 is 1.27 bits per heavy atom. The van der Waals surface area contributed by atoms with Crippen molar-refractivity contribution in [2.24, 2.45) is 0 Å². The number of hydrogen-bond donors (Lipinski definition) is 2. The van der Waals surface area contributed by atoms with Crippen molar-refractivity contribution < 1.29 is 19.0 Å². The van der Waals surface area contributed by atoms with Crippen molar-refractivity contribution in [2.75, 3.05) is 13.7 Å². The van der Waals surface area contributed by atoms with E-state index in [9.17, 15) is 9.50 Å². The van der Waals surface area contributed by atoms with E-state index in [0.717, 1.165) is 16.5 Å². The maximum Gasteiger partial charge on any atom is 0.175 e. The summed E-state index contributed by atoms with van der Waals surface area (Å²) in [6.45, 7) is 2.83. The fraction of sp³-hybridized carbons (Fsp3) is 0.368. The Hall–Kier alpha value is -1.34. The van der Waals surface area contributed by atoms with Crippen LogP contribution in [0.15, 0.2) is 40.9 Å². The summed E-state index contributed by atoms with van der Waals surface area (Å²) in [7, 11) is 1.57. The molecule has 4 nitrogen and oxygen atoms in total. The molecule has 7 heteroatoms. The van der Waals surface area contributed by atoms with Gasteiger partial charge in [0.1, 0.15) is 12.4 Å². The Morgan fingerprint density at radius 3 is 2.62 bits per heavy atom. The Bertz CT molecular complexity index is 698. The number of benzene rings is 2. The van der Waals surface area contributed by atoms with Gasteiger partial charge in [-0.15, -0.1) is 12.4 Å². The standard InChI is InChI=1S/C19H23BrFNO3.ClH/c1-3-15(11-23)22-10-13-8-16(20)19(18(9-13)24-2)25-12-14-6-4-5-7-17(14)21;/h4-9,15,22-23H,3,10-12H2,1-2H3;1H. The van der Waals surface area contributed by atoms with Gasteiger partial charge in [-0.1, -0.05) is 25.1 Å². The number of rotatable bonds is 9. The van der Waals surface area contributed by atoms with Gasteiger partial charge in [-0.25, -0.2) is 4.39 Å². The zero-order valence-corrected chi connectivity index (χ0v) is 17.2. The Balaban J connectivity index is 0.00000338. The average molecular weight is 449 g/mol. The lowest BCUT2D eigenvalue weighted by atomic mass is 10.1. The molecule has 0 aliphatic carbocycles. The summed E-state index contributed by atoms with van der Waals surface area (Å²) in [6.07, 6.45) is 0.846. The van der Waals surface area contributed by atoms with Crippen molar-refractivity contribution in [2.45, 2.75) is 32.5 Å². The van der Waals surface area contributed by atoms with Crippen LogP contribution in [-0.4, -0.2) is 24.9 Å². The van der Waals surface area contributed by atoms with Gasteiger partial charge in [0.2, 0.25) is 0 Å². The third-order valence-electron chi connectivity index (χ3n) is 3.93. The van der Waals surface area contributed by atoms with Gasteiger partial charge in [-0.3, -0.25) is 0 Å². The van der Waals surface area contributed by atoms with Gasteiger partial charge in [0.15, 0.2) is 11.5 Å². The van der Waals surface area contributed by atoms with Crippen LogP contribution in [0.3, 0.4) is 0 Å². The molecule has 0 saturated heterocycles. The van der Waals surface area contributed by atoms with E-state index in [1.165, 1.54) is 6.07 Å². The van der Waals surface area contributed by atoms with Crippen molar-refractivity contribution in [1.82, 2.24) is 5.32 Å². The molecule has 0 saturated carbocycles. The molecule has 2 aromatic carbocycles. The molecule has 0 radical (unpaired) electrons. The van der Waals surface area contributed by atoms with E-state index < -0.39 is 0 Å². The third kappa shape index (κ3) is 6.13. The molecule has 0 aromatic heterocycles. The summed E-state index contributed by atoms with van der Waals surface area (Å²) in [5.74, 6) is 0.802. The van der Waals surface area contributed by atoms with Crippen molar-refractivity contribution in [3.63, 3.8) is 0 Å². The highest BCUT2D eigenvalue weighted by atomic mass is 79.9. The van der Waals surface area contributed by atoms with Gasteiger partial charge in [-0.2, -0.15) is 0 Å². The van der Waals surface area contributed by atoms with E-state index in [2.05, 4.69) is 21.2 Å². The lowest BCUT2D eigenvalue weighted by Gasteiger charge is -2.17. The van der Waals surface area contributed by atoms with Crippen LogP contribution in [0.4, 0.5) is 4.39 Å². The summed E-state index contributed by atoms with van der Waals surface area (Å²) in [4.78, 5) is 0. The lowest BCUT2D eigenvalue weighted by Crippen LogP contribution is -2.31. The molecule has 2 N–H and O–H groups in total. The van der Waals surface area contributed by atoms with E-state index in [0.29, 0.717) is 23.6 Å². The van der Waals surface area contributed by atoms with Crippen LogP contribution < -0.4 is 14.8 Å². The molecule has 144 valence electrons. The second-order valence-corrected chi connectivity index (χ2v) is 6.51. The first-order valence-electron chi connectivity index (χ1n) is 8.15. The molecule has 0 heterocycles. The van der Waals surface area contributed by atoms with Crippen LogP contribution in [0.2, 0.25) is 0 Å². The van der Waals surface area contributed by atoms with Gasteiger partial charge >= 0.3 is 0 Å². The van der Waals surface area contributed by atoms with Crippen LogP contribution in [0, 0.1) is 5.82 Å². The van der Waals surface area contributed by atoms with Gasteiger partial charge in [0, 0.05) is 18.2 Å². The number of ether oxygens (including phenoxy) is 2. The Morgan fingerprint density at radius 2 is 2.00 bits per heavy atom. The SMILES string of the molecule is CCC(CO)NCc1cc(Br)c(OCc2ccccc2F)c(OC)c1.Cl. The van der Waals surface area contributed by atoms with Crippen LogP contribution in [0.1, 0.15) is 24.5 Å².